The number of aryl methyl sites for hydroxylation is 2. The van der Waals surface area contributed by atoms with Crippen molar-refractivity contribution in [3.8, 4) is 5.75 Å². The Morgan fingerprint density at radius 1 is 1.30 bits per heavy atom. The minimum absolute atomic E-state index is 0.0298. The number of nitrogens with one attached hydrogen (secondary N) is 1. The summed E-state index contributed by atoms with van der Waals surface area (Å²) in [5.41, 5.74) is 2.41. The summed E-state index contributed by atoms with van der Waals surface area (Å²) >= 11 is 0. The van der Waals surface area contributed by atoms with Crippen LogP contribution in [0.4, 0.5) is 0 Å². The van der Waals surface area contributed by atoms with Gasteiger partial charge in [-0.05, 0) is 70.1 Å². The number of nitrogens with zero attached hydrogens (tertiary/aromatic N) is 1. The minimum Gasteiger partial charge on any atom is -0.484 e. The molecule has 20 heavy (non-hydrogen) atoms. The summed E-state index contributed by atoms with van der Waals surface area (Å²) in [6.45, 7) is 6.29. The number of carbonyl (C=O) groups excluding carboxylic acids is 1. The number of ether oxygens (including phenoxy) is 1. The van der Waals surface area contributed by atoms with E-state index in [-0.39, 0.29) is 12.5 Å². The summed E-state index contributed by atoms with van der Waals surface area (Å²) < 4.78 is 5.54. The van der Waals surface area contributed by atoms with E-state index in [1.54, 1.807) is 0 Å². The van der Waals surface area contributed by atoms with Gasteiger partial charge in [0.2, 0.25) is 0 Å². The first kappa shape index (κ1) is 14.9. The summed E-state index contributed by atoms with van der Waals surface area (Å²) in [6, 6.07) is 6.19. The van der Waals surface area contributed by atoms with Crippen molar-refractivity contribution in [2.24, 2.45) is 0 Å². The van der Waals surface area contributed by atoms with E-state index in [1.807, 2.05) is 25.1 Å². The third kappa shape index (κ3) is 4.23. The number of benzene rings is 1. The van der Waals surface area contributed by atoms with Crippen LogP contribution in [0.2, 0.25) is 0 Å². The van der Waals surface area contributed by atoms with Gasteiger partial charge in [-0.1, -0.05) is 6.07 Å². The molecule has 0 unspecified atom stereocenters. The average Bonchev–Trinajstić information content (AvgIpc) is 2.43. The summed E-state index contributed by atoms with van der Waals surface area (Å²) in [4.78, 5) is 14.2. The highest BCUT2D eigenvalue weighted by Crippen LogP contribution is 2.16. The Hall–Kier alpha value is -1.55. The predicted octanol–water partition coefficient (Wildman–Crippen LogP) is 1.89. The van der Waals surface area contributed by atoms with E-state index in [0.717, 1.165) is 31.7 Å². The van der Waals surface area contributed by atoms with E-state index in [4.69, 9.17) is 4.74 Å². The van der Waals surface area contributed by atoms with E-state index >= 15 is 0 Å². The lowest BCUT2D eigenvalue weighted by atomic mass is 10.1. The lowest BCUT2D eigenvalue weighted by Crippen LogP contribution is -2.44. The highest BCUT2D eigenvalue weighted by atomic mass is 16.5. The maximum Gasteiger partial charge on any atom is 0.258 e. The van der Waals surface area contributed by atoms with Crippen LogP contribution in [0, 0.1) is 13.8 Å². The van der Waals surface area contributed by atoms with Gasteiger partial charge in [-0.15, -0.1) is 0 Å². The Bertz CT molecular complexity index is 466. The van der Waals surface area contributed by atoms with Crippen LogP contribution < -0.4 is 10.1 Å². The fourth-order valence-corrected chi connectivity index (χ4v) is 2.37. The van der Waals surface area contributed by atoms with E-state index in [0.29, 0.717) is 6.04 Å². The molecule has 2 rings (SSSR count). The molecule has 1 aliphatic rings. The molecule has 0 saturated carbocycles. The Labute approximate surface area is 121 Å². The summed E-state index contributed by atoms with van der Waals surface area (Å²) in [6.07, 6.45) is 2.04. The molecule has 0 aromatic heterocycles. The predicted molar refractivity (Wildman–Crippen MR) is 80.1 cm³/mol. The Morgan fingerprint density at radius 3 is 2.65 bits per heavy atom. The van der Waals surface area contributed by atoms with Crippen LogP contribution in [0.5, 0.6) is 5.75 Å². The second kappa shape index (κ2) is 6.75. The molecule has 110 valence electrons. The molecule has 0 spiro atoms. The highest BCUT2D eigenvalue weighted by molar-refractivity contribution is 5.77. The first-order valence-corrected chi connectivity index (χ1v) is 7.22. The zero-order chi connectivity index (χ0) is 14.5. The third-order valence-electron chi connectivity index (χ3n) is 3.93. The standard InChI is InChI=1S/C16H24N2O2/c1-12-4-5-15(10-13(12)2)20-11-16(19)17-14-6-8-18(3)9-7-14/h4-5,10,14H,6-9,11H2,1-3H3,(H,17,19). The number of amides is 1. The van der Waals surface area contributed by atoms with Crippen LogP contribution in [0.1, 0.15) is 24.0 Å². The zero-order valence-corrected chi connectivity index (χ0v) is 12.6. The summed E-state index contributed by atoms with van der Waals surface area (Å²) in [5, 5.41) is 3.05. The largest absolute Gasteiger partial charge is 0.484 e. The van der Waals surface area contributed by atoms with Crippen molar-refractivity contribution in [2.45, 2.75) is 32.7 Å². The Kier molecular flexibility index (Phi) is 5.01. The van der Waals surface area contributed by atoms with Crippen LogP contribution >= 0.6 is 0 Å². The fourth-order valence-electron chi connectivity index (χ4n) is 2.37. The average molecular weight is 276 g/mol. The molecule has 1 amide bonds. The molecule has 1 aliphatic heterocycles. The van der Waals surface area contributed by atoms with Gasteiger partial charge in [-0.2, -0.15) is 0 Å². The van der Waals surface area contributed by atoms with Gasteiger partial charge >= 0.3 is 0 Å². The van der Waals surface area contributed by atoms with Crippen LogP contribution in [0.15, 0.2) is 18.2 Å². The summed E-state index contributed by atoms with van der Waals surface area (Å²) in [5.74, 6) is 0.726. The van der Waals surface area contributed by atoms with Crippen molar-refractivity contribution in [1.82, 2.24) is 10.2 Å². The molecule has 1 heterocycles. The Balaban J connectivity index is 1.76. The first-order chi connectivity index (χ1) is 9.54. The lowest BCUT2D eigenvalue weighted by molar-refractivity contribution is -0.124. The molecule has 1 N–H and O–H groups in total. The Morgan fingerprint density at radius 2 is 2.00 bits per heavy atom. The van der Waals surface area contributed by atoms with Crippen LogP contribution in [0.25, 0.3) is 0 Å². The topological polar surface area (TPSA) is 41.6 Å². The molecule has 0 bridgehead atoms. The van der Waals surface area contributed by atoms with Crippen LogP contribution in [-0.2, 0) is 4.79 Å². The van der Waals surface area contributed by atoms with Crippen molar-refractivity contribution in [3.63, 3.8) is 0 Å². The molecule has 1 saturated heterocycles. The lowest BCUT2D eigenvalue weighted by Gasteiger charge is -2.29. The van der Waals surface area contributed by atoms with Crippen molar-refractivity contribution in [2.75, 3.05) is 26.7 Å². The number of carbonyl (C=O) groups is 1. The fraction of sp³-hybridized carbons (Fsp3) is 0.562. The van der Waals surface area contributed by atoms with Crippen molar-refractivity contribution < 1.29 is 9.53 Å². The quantitative estimate of drug-likeness (QED) is 0.913. The minimum atomic E-state index is -0.0298. The molecule has 1 aromatic carbocycles. The van der Waals surface area contributed by atoms with Gasteiger partial charge in [-0.3, -0.25) is 4.79 Å². The van der Waals surface area contributed by atoms with Gasteiger partial charge < -0.3 is 15.0 Å². The molecule has 0 radical (unpaired) electrons. The van der Waals surface area contributed by atoms with E-state index < -0.39 is 0 Å². The van der Waals surface area contributed by atoms with Gasteiger partial charge in [0.25, 0.3) is 5.91 Å². The van der Waals surface area contributed by atoms with E-state index in [1.165, 1.54) is 11.1 Å². The molecule has 0 aliphatic carbocycles. The monoisotopic (exact) mass is 276 g/mol. The smallest absolute Gasteiger partial charge is 0.258 e. The summed E-state index contributed by atoms with van der Waals surface area (Å²) in [7, 11) is 2.11. The first-order valence-electron chi connectivity index (χ1n) is 7.22. The molecule has 4 nitrogen and oxygen atoms in total. The molecule has 4 heteroatoms. The van der Waals surface area contributed by atoms with Crippen molar-refractivity contribution in [1.29, 1.82) is 0 Å². The van der Waals surface area contributed by atoms with Crippen molar-refractivity contribution in [3.05, 3.63) is 29.3 Å². The molecule has 1 fully saturated rings. The molecule has 0 atom stereocenters. The maximum atomic E-state index is 11.9. The van der Waals surface area contributed by atoms with E-state index in [9.17, 15) is 4.79 Å². The normalized spacial score (nSPS) is 16.9. The second-order valence-corrected chi connectivity index (χ2v) is 5.68. The molecule has 1 aromatic rings. The number of piperidine rings is 1. The van der Waals surface area contributed by atoms with Crippen LogP contribution in [0.3, 0.4) is 0 Å². The van der Waals surface area contributed by atoms with E-state index in [2.05, 4.69) is 24.2 Å². The number of hydrogen-bond acceptors (Lipinski definition) is 3. The molecular formula is C16H24N2O2. The van der Waals surface area contributed by atoms with Gasteiger partial charge in [0.15, 0.2) is 6.61 Å². The zero-order valence-electron chi connectivity index (χ0n) is 12.6. The van der Waals surface area contributed by atoms with Gasteiger partial charge in [0.05, 0.1) is 0 Å². The maximum absolute atomic E-state index is 11.9. The van der Waals surface area contributed by atoms with Crippen molar-refractivity contribution >= 4 is 5.91 Å². The SMILES string of the molecule is Cc1ccc(OCC(=O)NC2CCN(C)CC2)cc1C. The van der Waals surface area contributed by atoms with Gasteiger partial charge in [-0.25, -0.2) is 0 Å². The van der Waals surface area contributed by atoms with Gasteiger partial charge in [0.1, 0.15) is 5.75 Å². The number of rotatable bonds is 4. The second-order valence-electron chi connectivity index (χ2n) is 5.68. The number of hydrogen-bond donors (Lipinski definition) is 1. The van der Waals surface area contributed by atoms with Gasteiger partial charge in [0, 0.05) is 6.04 Å². The molecular weight excluding hydrogens is 252 g/mol. The van der Waals surface area contributed by atoms with Crippen LogP contribution in [-0.4, -0.2) is 43.6 Å². The third-order valence-corrected chi connectivity index (χ3v) is 3.93. The highest BCUT2D eigenvalue weighted by Gasteiger charge is 2.18. The number of likely N-dealkylation sites (tertiary alicyclic amines) is 1.